The van der Waals surface area contributed by atoms with Gasteiger partial charge in [-0.3, -0.25) is 14.4 Å². The second-order valence-electron chi connectivity index (χ2n) is 6.98. The minimum absolute atomic E-state index is 0.0443. The highest BCUT2D eigenvalue weighted by Gasteiger charge is 2.30. The van der Waals surface area contributed by atoms with Gasteiger partial charge < -0.3 is 10.1 Å². The molecular weight excluding hydrogens is 354 g/mol. The van der Waals surface area contributed by atoms with E-state index in [1.165, 1.54) is 6.92 Å². The molecule has 0 aliphatic carbocycles. The second kappa shape index (κ2) is 9.83. The molecule has 2 aromatic carbocycles. The van der Waals surface area contributed by atoms with E-state index in [1.807, 2.05) is 44.2 Å². The highest BCUT2D eigenvalue weighted by atomic mass is 16.5. The van der Waals surface area contributed by atoms with Crippen LogP contribution >= 0.6 is 0 Å². The number of carbonyl (C=O) groups excluding carboxylic acids is 3. The third-order valence-corrected chi connectivity index (χ3v) is 4.85. The Morgan fingerprint density at radius 3 is 2.11 bits per heavy atom. The Hall–Kier alpha value is -2.95. The van der Waals surface area contributed by atoms with E-state index >= 15 is 0 Å². The van der Waals surface area contributed by atoms with Crippen LogP contribution in [0.15, 0.2) is 54.6 Å². The highest BCUT2D eigenvalue weighted by molar-refractivity contribution is 5.97. The molecular formula is C23H27NO4. The lowest BCUT2D eigenvalue weighted by molar-refractivity contribution is -0.155. The lowest BCUT2D eigenvalue weighted by Gasteiger charge is -2.23. The van der Waals surface area contributed by atoms with Crippen LogP contribution in [0.2, 0.25) is 0 Å². The van der Waals surface area contributed by atoms with Crippen LogP contribution in [0.3, 0.4) is 0 Å². The summed E-state index contributed by atoms with van der Waals surface area (Å²) in [6.45, 7) is 7.06. The van der Waals surface area contributed by atoms with Gasteiger partial charge in [-0.15, -0.1) is 0 Å². The monoisotopic (exact) mass is 381 g/mol. The molecule has 0 bridgehead atoms. The Morgan fingerprint density at radius 1 is 0.964 bits per heavy atom. The van der Waals surface area contributed by atoms with Crippen molar-refractivity contribution in [2.75, 3.05) is 5.32 Å². The Labute approximate surface area is 166 Å². The molecule has 1 amide bonds. The molecule has 0 aromatic heterocycles. The first-order chi connectivity index (χ1) is 13.3. The van der Waals surface area contributed by atoms with Gasteiger partial charge in [0.25, 0.3) is 5.91 Å². The maximum Gasteiger partial charge on any atom is 0.314 e. The first-order valence-electron chi connectivity index (χ1n) is 9.50. The van der Waals surface area contributed by atoms with Crippen LogP contribution < -0.4 is 5.32 Å². The summed E-state index contributed by atoms with van der Waals surface area (Å²) in [5.41, 5.74) is 1.99. The number of nitrogens with one attached hydrogen (secondary N) is 1. The van der Waals surface area contributed by atoms with Crippen LogP contribution in [0.4, 0.5) is 5.69 Å². The van der Waals surface area contributed by atoms with Crippen LogP contribution in [-0.2, 0) is 14.3 Å². The van der Waals surface area contributed by atoms with Gasteiger partial charge in [-0.1, -0.05) is 50.6 Å². The van der Waals surface area contributed by atoms with Crippen LogP contribution in [-0.4, -0.2) is 23.8 Å². The van der Waals surface area contributed by atoms with Gasteiger partial charge in [0.05, 0.1) is 5.92 Å². The van der Waals surface area contributed by atoms with E-state index in [1.54, 1.807) is 31.2 Å². The Morgan fingerprint density at radius 2 is 1.57 bits per heavy atom. The fourth-order valence-corrected chi connectivity index (χ4v) is 2.93. The number of ether oxygens (including phenoxy) is 1. The normalized spacial score (nSPS) is 13.9. The number of ketones is 1. The summed E-state index contributed by atoms with van der Waals surface area (Å²) in [5, 5.41) is 2.71. The van der Waals surface area contributed by atoms with E-state index in [2.05, 4.69) is 5.32 Å². The van der Waals surface area contributed by atoms with Gasteiger partial charge in [0.2, 0.25) is 0 Å². The Balaban J connectivity index is 2.04. The van der Waals surface area contributed by atoms with Gasteiger partial charge in [0.15, 0.2) is 11.9 Å². The number of esters is 1. The average Bonchev–Trinajstić information content (AvgIpc) is 2.69. The quantitative estimate of drug-likeness (QED) is 0.536. The first-order valence-corrected chi connectivity index (χ1v) is 9.50. The molecule has 1 N–H and O–H groups in total. The Bertz CT molecular complexity index is 814. The summed E-state index contributed by atoms with van der Waals surface area (Å²) in [7, 11) is 0. The van der Waals surface area contributed by atoms with Gasteiger partial charge in [-0.2, -0.15) is 0 Å². The van der Waals surface area contributed by atoms with Crippen molar-refractivity contribution in [1.82, 2.24) is 0 Å². The van der Waals surface area contributed by atoms with E-state index in [-0.39, 0.29) is 11.7 Å². The SMILES string of the molecule is CC[C@@H](C)[C@@H](C(=O)O[C@@H](C)C(=O)Nc1ccc(C(C)=O)cc1)c1ccccc1. The summed E-state index contributed by atoms with van der Waals surface area (Å²) in [4.78, 5) is 36.5. The summed E-state index contributed by atoms with van der Waals surface area (Å²) >= 11 is 0. The summed E-state index contributed by atoms with van der Waals surface area (Å²) in [6, 6.07) is 16.1. The van der Waals surface area contributed by atoms with E-state index in [4.69, 9.17) is 4.74 Å². The minimum atomic E-state index is -0.935. The van der Waals surface area contributed by atoms with Crippen molar-refractivity contribution < 1.29 is 19.1 Å². The summed E-state index contributed by atoms with van der Waals surface area (Å²) in [6.07, 6.45) is -0.118. The van der Waals surface area contributed by atoms with Gasteiger partial charge in [0, 0.05) is 11.3 Å². The predicted molar refractivity (Wildman–Crippen MR) is 109 cm³/mol. The van der Waals surface area contributed by atoms with E-state index in [0.717, 1.165) is 12.0 Å². The third-order valence-electron chi connectivity index (χ3n) is 4.85. The van der Waals surface area contributed by atoms with Crippen molar-refractivity contribution >= 4 is 23.3 Å². The molecule has 28 heavy (non-hydrogen) atoms. The Kier molecular flexibility index (Phi) is 7.50. The lowest BCUT2D eigenvalue weighted by Crippen LogP contribution is -2.33. The number of hydrogen-bond donors (Lipinski definition) is 1. The molecule has 0 fully saturated rings. The van der Waals surface area contributed by atoms with Gasteiger partial charge in [-0.05, 0) is 49.6 Å². The number of benzene rings is 2. The first kappa shape index (κ1) is 21.4. The molecule has 2 rings (SSSR count). The van der Waals surface area contributed by atoms with Crippen LogP contribution in [0.1, 0.15) is 56.0 Å². The molecule has 5 heteroatoms. The van der Waals surface area contributed by atoms with E-state index in [0.29, 0.717) is 11.3 Å². The number of rotatable bonds is 8. The van der Waals surface area contributed by atoms with Crippen molar-refractivity contribution in [3.63, 3.8) is 0 Å². The molecule has 0 heterocycles. The minimum Gasteiger partial charge on any atom is -0.452 e. The van der Waals surface area contributed by atoms with Gasteiger partial charge in [-0.25, -0.2) is 0 Å². The van der Waals surface area contributed by atoms with Crippen LogP contribution in [0.25, 0.3) is 0 Å². The predicted octanol–water partition coefficient (Wildman–Crippen LogP) is 4.59. The maximum absolute atomic E-state index is 12.8. The van der Waals surface area contributed by atoms with Crippen molar-refractivity contribution in [3.05, 3.63) is 65.7 Å². The maximum atomic E-state index is 12.8. The van der Waals surface area contributed by atoms with Gasteiger partial charge >= 0.3 is 5.97 Å². The molecule has 0 aliphatic heterocycles. The number of amides is 1. The number of anilines is 1. The molecule has 0 radical (unpaired) electrons. The molecule has 0 spiro atoms. The fourth-order valence-electron chi connectivity index (χ4n) is 2.93. The van der Waals surface area contributed by atoms with Gasteiger partial charge in [0.1, 0.15) is 0 Å². The zero-order valence-corrected chi connectivity index (χ0v) is 16.8. The third kappa shape index (κ3) is 5.52. The zero-order chi connectivity index (χ0) is 20.7. The topological polar surface area (TPSA) is 72.5 Å². The summed E-state index contributed by atoms with van der Waals surface area (Å²) < 4.78 is 5.48. The second-order valence-corrected chi connectivity index (χ2v) is 6.98. The largest absolute Gasteiger partial charge is 0.452 e. The van der Waals surface area contributed by atoms with Crippen molar-refractivity contribution in [3.8, 4) is 0 Å². The molecule has 0 aliphatic rings. The molecule has 3 atom stereocenters. The fraction of sp³-hybridized carbons (Fsp3) is 0.348. The molecule has 2 aromatic rings. The number of Topliss-reactive ketones (excluding diaryl/α,β-unsaturated/α-hetero) is 1. The van der Waals surface area contributed by atoms with Crippen molar-refractivity contribution in [2.24, 2.45) is 5.92 Å². The zero-order valence-electron chi connectivity index (χ0n) is 16.8. The molecule has 0 saturated heterocycles. The summed E-state index contributed by atoms with van der Waals surface area (Å²) in [5.74, 6) is -1.20. The number of carbonyl (C=O) groups is 3. The lowest BCUT2D eigenvalue weighted by atomic mass is 9.85. The van der Waals surface area contributed by atoms with Crippen molar-refractivity contribution in [2.45, 2.75) is 46.1 Å². The van der Waals surface area contributed by atoms with Crippen LogP contribution in [0.5, 0.6) is 0 Å². The van der Waals surface area contributed by atoms with Crippen molar-refractivity contribution in [1.29, 1.82) is 0 Å². The number of hydrogen-bond acceptors (Lipinski definition) is 4. The molecule has 0 saturated carbocycles. The van der Waals surface area contributed by atoms with E-state index < -0.39 is 23.9 Å². The molecule has 5 nitrogen and oxygen atoms in total. The average molecular weight is 381 g/mol. The smallest absolute Gasteiger partial charge is 0.314 e. The van der Waals surface area contributed by atoms with Crippen LogP contribution in [0, 0.1) is 5.92 Å². The molecule has 0 unspecified atom stereocenters. The standard InChI is InChI=1S/C23H27NO4/c1-5-15(2)21(19-9-7-6-8-10-19)23(27)28-17(4)22(26)24-20-13-11-18(12-14-20)16(3)25/h6-15,17,21H,5H2,1-4H3,(H,24,26)/t15-,17+,21-/m1/s1. The van der Waals surface area contributed by atoms with E-state index in [9.17, 15) is 14.4 Å². The highest BCUT2D eigenvalue weighted by Crippen LogP contribution is 2.28. The molecule has 148 valence electrons.